The Morgan fingerprint density at radius 2 is 1.86 bits per heavy atom. The van der Waals surface area contributed by atoms with Crippen LogP contribution in [0.3, 0.4) is 0 Å². The smallest absolute Gasteiger partial charge is 0.240 e. The van der Waals surface area contributed by atoms with Gasteiger partial charge in [0.05, 0.1) is 11.5 Å². The fourth-order valence-corrected chi connectivity index (χ4v) is 4.02. The second kappa shape index (κ2) is 9.87. The quantitative estimate of drug-likeness (QED) is 0.547. The lowest BCUT2D eigenvalue weighted by molar-refractivity contribution is -0.116. The van der Waals surface area contributed by atoms with Crippen LogP contribution in [0.25, 0.3) is 0 Å². The summed E-state index contributed by atoms with van der Waals surface area (Å²) in [6.45, 7) is 0.934. The zero-order valence-corrected chi connectivity index (χ0v) is 17.2. The van der Waals surface area contributed by atoms with Crippen molar-refractivity contribution in [1.82, 2.24) is 4.72 Å². The molecule has 0 bridgehead atoms. The maximum Gasteiger partial charge on any atom is 0.240 e. The van der Waals surface area contributed by atoms with Crippen molar-refractivity contribution in [3.63, 3.8) is 0 Å². The normalized spacial score (nSPS) is 13.8. The SMILES string of the molecule is COCCOc1cccc(NC(=O)CCc2ccc(S(=O)(=O)NC3CC3)cc2)c1. The monoisotopic (exact) mass is 418 g/mol. The molecule has 29 heavy (non-hydrogen) atoms. The summed E-state index contributed by atoms with van der Waals surface area (Å²) in [5, 5.41) is 2.85. The molecule has 1 amide bonds. The lowest BCUT2D eigenvalue weighted by Crippen LogP contribution is -2.25. The Morgan fingerprint density at radius 1 is 1.10 bits per heavy atom. The predicted molar refractivity (Wildman–Crippen MR) is 111 cm³/mol. The Kier molecular flexibility index (Phi) is 7.24. The van der Waals surface area contributed by atoms with Crippen LogP contribution < -0.4 is 14.8 Å². The van der Waals surface area contributed by atoms with E-state index in [0.717, 1.165) is 18.4 Å². The summed E-state index contributed by atoms with van der Waals surface area (Å²) < 4.78 is 37.5. The van der Waals surface area contributed by atoms with E-state index >= 15 is 0 Å². The Hall–Kier alpha value is -2.42. The molecule has 0 heterocycles. The summed E-state index contributed by atoms with van der Waals surface area (Å²) in [7, 11) is -1.84. The second-order valence-electron chi connectivity index (χ2n) is 6.96. The second-order valence-corrected chi connectivity index (χ2v) is 8.67. The van der Waals surface area contributed by atoms with E-state index in [-0.39, 0.29) is 16.8 Å². The van der Waals surface area contributed by atoms with Crippen molar-refractivity contribution < 1.29 is 22.7 Å². The Labute approximate surface area is 171 Å². The van der Waals surface area contributed by atoms with Gasteiger partial charge in [-0.25, -0.2) is 13.1 Å². The van der Waals surface area contributed by atoms with E-state index in [4.69, 9.17) is 9.47 Å². The molecule has 1 fully saturated rings. The van der Waals surface area contributed by atoms with Gasteiger partial charge in [0.2, 0.25) is 15.9 Å². The van der Waals surface area contributed by atoms with Crippen molar-refractivity contribution in [3.05, 3.63) is 54.1 Å². The van der Waals surface area contributed by atoms with Gasteiger partial charge in [-0.05, 0) is 49.1 Å². The fourth-order valence-electron chi connectivity index (χ4n) is 2.71. The van der Waals surface area contributed by atoms with Crippen LogP contribution in [0.2, 0.25) is 0 Å². The van der Waals surface area contributed by atoms with Crippen LogP contribution in [0.5, 0.6) is 5.75 Å². The molecule has 0 atom stereocenters. The number of hydrogen-bond donors (Lipinski definition) is 2. The molecule has 1 aliphatic rings. The molecule has 2 N–H and O–H groups in total. The van der Waals surface area contributed by atoms with E-state index in [0.29, 0.717) is 37.5 Å². The Balaban J connectivity index is 1.48. The molecule has 8 heteroatoms. The fraction of sp³-hybridized carbons (Fsp3) is 0.381. The summed E-state index contributed by atoms with van der Waals surface area (Å²) in [5.74, 6) is 0.544. The average molecular weight is 419 g/mol. The molecule has 0 aromatic heterocycles. The zero-order chi connectivity index (χ0) is 20.7. The highest BCUT2D eigenvalue weighted by Crippen LogP contribution is 2.22. The number of anilines is 1. The number of nitrogens with one attached hydrogen (secondary N) is 2. The van der Waals surface area contributed by atoms with Crippen molar-refractivity contribution in [3.8, 4) is 5.75 Å². The lowest BCUT2D eigenvalue weighted by atomic mass is 10.1. The minimum Gasteiger partial charge on any atom is -0.491 e. The number of ether oxygens (including phenoxy) is 2. The van der Waals surface area contributed by atoms with E-state index in [1.54, 1.807) is 43.5 Å². The van der Waals surface area contributed by atoms with Crippen LogP contribution in [-0.2, 0) is 26.0 Å². The molecule has 3 rings (SSSR count). The maximum absolute atomic E-state index is 12.2. The first-order valence-electron chi connectivity index (χ1n) is 9.59. The molecule has 156 valence electrons. The molecule has 0 spiro atoms. The third-order valence-electron chi connectivity index (χ3n) is 4.45. The predicted octanol–water partition coefficient (Wildman–Crippen LogP) is 2.72. The molecule has 0 unspecified atom stereocenters. The van der Waals surface area contributed by atoms with Crippen molar-refractivity contribution in [1.29, 1.82) is 0 Å². The number of amides is 1. The van der Waals surface area contributed by atoms with E-state index < -0.39 is 10.0 Å². The summed E-state index contributed by atoms with van der Waals surface area (Å²) in [4.78, 5) is 12.5. The lowest BCUT2D eigenvalue weighted by Gasteiger charge is -2.09. The van der Waals surface area contributed by atoms with Gasteiger partial charge in [-0.1, -0.05) is 18.2 Å². The van der Waals surface area contributed by atoms with Gasteiger partial charge in [0, 0.05) is 31.3 Å². The van der Waals surface area contributed by atoms with Crippen LogP contribution in [0, 0.1) is 0 Å². The number of carbonyl (C=O) groups excluding carboxylic acids is 1. The van der Waals surface area contributed by atoms with Crippen LogP contribution in [0.15, 0.2) is 53.4 Å². The average Bonchev–Trinajstić information content (AvgIpc) is 3.51. The van der Waals surface area contributed by atoms with Gasteiger partial charge in [-0.15, -0.1) is 0 Å². The number of hydrogen-bond acceptors (Lipinski definition) is 5. The molecular formula is C21H26N2O5S. The van der Waals surface area contributed by atoms with Crippen molar-refractivity contribution in [2.45, 2.75) is 36.6 Å². The highest BCUT2D eigenvalue weighted by molar-refractivity contribution is 7.89. The molecule has 2 aromatic carbocycles. The van der Waals surface area contributed by atoms with Gasteiger partial charge in [-0.2, -0.15) is 0 Å². The Morgan fingerprint density at radius 3 is 2.55 bits per heavy atom. The van der Waals surface area contributed by atoms with Crippen molar-refractivity contribution >= 4 is 21.6 Å². The minimum absolute atomic E-state index is 0.0762. The molecule has 1 saturated carbocycles. The number of methoxy groups -OCH3 is 1. The highest BCUT2D eigenvalue weighted by Gasteiger charge is 2.27. The van der Waals surface area contributed by atoms with Gasteiger partial charge in [0.15, 0.2) is 0 Å². The molecule has 2 aromatic rings. The van der Waals surface area contributed by atoms with Gasteiger partial charge < -0.3 is 14.8 Å². The summed E-state index contributed by atoms with van der Waals surface area (Å²) in [5.41, 5.74) is 1.57. The van der Waals surface area contributed by atoms with Crippen molar-refractivity contribution in [2.75, 3.05) is 25.6 Å². The molecule has 0 aliphatic heterocycles. The van der Waals surface area contributed by atoms with Crippen molar-refractivity contribution in [2.24, 2.45) is 0 Å². The molecule has 0 radical (unpaired) electrons. The van der Waals surface area contributed by atoms with E-state index in [2.05, 4.69) is 10.0 Å². The first kappa shape index (κ1) is 21.3. The third kappa shape index (κ3) is 6.85. The number of sulfonamides is 1. The first-order chi connectivity index (χ1) is 14.0. The van der Waals surface area contributed by atoms with E-state index in [1.807, 2.05) is 12.1 Å². The topological polar surface area (TPSA) is 93.7 Å². The number of aryl methyl sites for hydroxylation is 1. The largest absolute Gasteiger partial charge is 0.491 e. The minimum atomic E-state index is -3.45. The molecule has 1 aliphatic carbocycles. The van der Waals surface area contributed by atoms with Gasteiger partial charge in [0.25, 0.3) is 0 Å². The van der Waals surface area contributed by atoms with E-state index in [1.165, 1.54) is 0 Å². The molecule has 7 nitrogen and oxygen atoms in total. The summed E-state index contributed by atoms with van der Waals surface area (Å²) in [6.07, 6.45) is 2.61. The maximum atomic E-state index is 12.2. The summed E-state index contributed by atoms with van der Waals surface area (Å²) in [6, 6.07) is 13.9. The van der Waals surface area contributed by atoms with Gasteiger partial charge in [0.1, 0.15) is 12.4 Å². The van der Waals surface area contributed by atoms with Crippen LogP contribution in [0.1, 0.15) is 24.8 Å². The number of carbonyl (C=O) groups is 1. The van der Waals surface area contributed by atoms with Gasteiger partial charge >= 0.3 is 0 Å². The molecule has 0 saturated heterocycles. The summed E-state index contributed by atoms with van der Waals surface area (Å²) >= 11 is 0. The van der Waals surface area contributed by atoms with Crippen LogP contribution in [0.4, 0.5) is 5.69 Å². The third-order valence-corrected chi connectivity index (χ3v) is 5.98. The number of rotatable bonds is 11. The molecular weight excluding hydrogens is 392 g/mol. The Bertz CT molecular complexity index is 924. The highest BCUT2D eigenvalue weighted by atomic mass is 32.2. The van der Waals surface area contributed by atoms with Crippen LogP contribution >= 0.6 is 0 Å². The first-order valence-corrected chi connectivity index (χ1v) is 11.1. The van der Waals surface area contributed by atoms with Crippen LogP contribution in [-0.4, -0.2) is 40.7 Å². The standard InChI is InChI=1S/C21H26N2O5S/c1-27-13-14-28-19-4-2-3-18(15-19)22-21(24)12-7-16-5-10-20(11-6-16)29(25,26)23-17-8-9-17/h2-6,10-11,15,17,23H,7-9,12-14H2,1H3,(H,22,24). The number of benzene rings is 2. The van der Waals surface area contributed by atoms with Gasteiger partial charge in [-0.3, -0.25) is 4.79 Å². The van der Waals surface area contributed by atoms with E-state index in [9.17, 15) is 13.2 Å². The zero-order valence-electron chi connectivity index (χ0n) is 16.4.